The van der Waals surface area contributed by atoms with Crippen LogP contribution in [0, 0.1) is 23.5 Å². The second kappa shape index (κ2) is 12.4. The van der Waals surface area contributed by atoms with E-state index in [4.69, 9.17) is 29.6 Å². The van der Waals surface area contributed by atoms with Crippen molar-refractivity contribution in [1.82, 2.24) is 0 Å². The molecular weight excluding hydrogens is 501 g/mol. The van der Waals surface area contributed by atoms with Gasteiger partial charge in [-0.15, -0.1) is 5.25 Å². The molecule has 2 aromatic rings. The van der Waals surface area contributed by atoms with E-state index in [9.17, 15) is 22.1 Å². The molecule has 0 aliphatic heterocycles. The van der Waals surface area contributed by atoms with Crippen LogP contribution in [-0.2, 0) is 24.3 Å². The van der Waals surface area contributed by atoms with Gasteiger partial charge in [0.2, 0.25) is 9.84 Å². The Labute approximate surface area is 227 Å². The van der Waals surface area contributed by atoms with Crippen LogP contribution in [0.4, 0.5) is 0 Å². The Morgan fingerprint density at radius 3 is 2.07 bits per heavy atom. The standard InChI is InChI=1S/C16H7Cl2O6S3.2Na/c1-2-3-8-25-15-9-11(4-6-13(15)17)26(20,21)12-5-7-14(18)16(10-12)27(22,23)24-19;;/h4-7,9-10,19H;;/q-1;2*+1/p-1. The third-order valence-corrected chi connectivity index (χ3v) is 7.51. The third kappa shape index (κ3) is 7.16. The molecule has 0 fully saturated rings. The molecule has 0 heterocycles. The second-order valence-corrected chi connectivity index (χ2v) is 9.76. The van der Waals surface area contributed by atoms with Crippen LogP contribution >= 0.6 is 35.0 Å². The van der Waals surface area contributed by atoms with Crippen LogP contribution in [-0.4, -0.2) is 16.8 Å². The van der Waals surface area contributed by atoms with E-state index in [1.807, 2.05) is 5.92 Å². The van der Waals surface area contributed by atoms with E-state index in [0.29, 0.717) is 4.90 Å². The number of rotatable bonds is 5. The van der Waals surface area contributed by atoms with Gasteiger partial charge in [0, 0.05) is 4.90 Å². The first-order valence-electron chi connectivity index (χ1n) is 6.62. The summed E-state index contributed by atoms with van der Waals surface area (Å²) in [6.45, 7) is 0. The molecule has 0 saturated carbocycles. The Hall–Kier alpha value is 0.310. The van der Waals surface area contributed by atoms with Gasteiger partial charge in [0.05, 0.1) is 19.8 Å². The van der Waals surface area contributed by atoms with Crippen LogP contribution in [0.15, 0.2) is 56.0 Å². The number of benzene rings is 2. The molecule has 0 N–H and O–H groups in total. The number of halogens is 2. The van der Waals surface area contributed by atoms with Gasteiger partial charge in [0.1, 0.15) is 4.90 Å². The Kier molecular flexibility index (Phi) is 12.5. The van der Waals surface area contributed by atoms with Crippen molar-refractivity contribution in [2.24, 2.45) is 0 Å². The molecule has 140 valence electrons. The summed E-state index contributed by atoms with van der Waals surface area (Å²) < 4.78 is 52.0. The van der Waals surface area contributed by atoms with Crippen molar-refractivity contribution in [3.05, 3.63) is 52.9 Å². The summed E-state index contributed by atoms with van der Waals surface area (Å²) in [5.74, 6) is 4.11. The summed E-state index contributed by atoms with van der Waals surface area (Å²) in [6, 6.07) is 6.65. The molecule has 0 aliphatic carbocycles. The monoisotopic (exact) mass is 506 g/mol. The zero-order chi connectivity index (χ0) is 20.2. The molecule has 0 spiro atoms. The smallest absolute Gasteiger partial charge is 0.707 e. The average molecular weight is 507 g/mol. The zero-order valence-electron chi connectivity index (χ0n) is 14.9. The largest absolute Gasteiger partial charge is 1.00 e. The van der Waals surface area contributed by atoms with Crippen LogP contribution in [0.5, 0.6) is 0 Å². The van der Waals surface area contributed by atoms with Crippen molar-refractivity contribution in [3.63, 3.8) is 0 Å². The molecular formula is C16H6Cl2Na2O6S3. The van der Waals surface area contributed by atoms with Crippen LogP contribution in [0.25, 0.3) is 0 Å². The fraction of sp³-hybridized carbons (Fsp3) is 0. The predicted octanol–water partition coefficient (Wildman–Crippen LogP) is -3.54. The van der Waals surface area contributed by atoms with Crippen molar-refractivity contribution in [3.8, 4) is 17.1 Å². The minimum absolute atomic E-state index is 0. The molecule has 0 radical (unpaired) electrons. The molecule has 0 aliphatic rings. The zero-order valence-corrected chi connectivity index (χ0v) is 22.9. The molecule has 0 unspecified atom stereocenters. The SMILES string of the molecule is [C-]#CC#CSc1cc(S(=O)(=O)c2ccc(Cl)c(S(=O)(=O)O[O-])c2)ccc1Cl.[Na+].[Na+]. The maximum Gasteiger partial charge on any atom is 1.00 e. The van der Waals surface area contributed by atoms with Crippen molar-refractivity contribution >= 4 is 54.9 Å². The summed E-state index contributed by atoms with van der Waals surface area (Å²) >= 11 is 12.6. The van der Waals surface area contributed by atoms with Gasteiger partial charge in [0.25, 0.3) is 10.1 Å². The summed E-state index contributed by atoms with van der Waals surface area (Å²) in [4.78, 5) is -1.06. The van der Waals surface area contributed by atoms with Crippen molar-refractivity contribution in [2.75, 3.05) is 0 Å². The first-order valence-corrected chi connectivity index (χ1v) is 11.1. The predicted molar refractivity (Wildman–Crippen MR) is 97.4 cm³/mol. The molecule has 6 nitrogen and oxygen atoms in total. The van der Waals surface area contributed by atoms with Gasteiger partial charge in [-0.1, -0.05) is 35.0 Å². The number of hydrogen-bond donors (Lipinski definition) is 0. The van der Waals surface area contributed by atoms with Gasteiger partial charge < -0.3 is 16.0 Å². The van der Waals surface area contributed by atoms with Gasteiger partial charge >= 0.3 is 59.1 Å². The van der Waals surface area contributed by atoms with E-state index in [0.717, 1.165) is 30.0 Å². The average Bonchev–Trinajstić information content (AvgIpc) is 2.63. The molecule has 0 saturated heterocycles. The topological polar surface area (TPSA) is 101 Å². The van der Waals surface area contributed by atoms with Crippen molar-refractivity contribution in [1.29, 1.82) is 0 Å². The fourth-order valence-corrected chi connectivity index (χ4v) is 5.16. The summed E-state index contributed by atoms with van der Waals surface area (Å²) in [6.07, 6.45) is 6.72. The maximum atomic E-state index is 12.8. The Morgan fingerprint density at radius 2 is 1.52 bits per heavy atom. The summed E-state index contributed by atoms with van der Waals surface area (Å²) in [5.41, 5.74) is 0. The molecule has 2 rings (SSSR count). The number of thioether (sulfide) groups is 1. The third-order valence-electron chi connectivity index (χ3n) is 3.06. The van der Waals surface area contributed by atoms with E-state index in [-0.39, 0.29) is 74.1 Å². The van der Waals surface area contributed by atoms with E-state index < -0.39 is 29.7 Å². The van der Waals surface area contributed by atoms with E-state index in [2.05, 4.69) is 15.5 Å². The Morgan fingerprint density at radius 1 is 0.966 bits per heavy atom. The normalized spacial score (nSPS) is 10.6. The Balaban J connectivity index is 0.00000392. The summed E-state index contributed by atoms with van der Waals surface area (Å²) in [7, 11) is -8.91. The first kappa shape index (κ1) is 29.3. The van der Waals surface area contributed by atoms with Gasteiger partial charge in [-0.05, 0) is 36.4 Å². The summed E-state index contributed by atoms with van der Waals surface area (Å²) in [5, 5.41) is 12.8. The molecule has 0 atom stereocenters. The quantitative estimate of drug-likeness (QED) is 0.103. The molecule has 29 heavy (non-hydrogen) atoms. The molecule has 2 aromatic carbocycles. The van der Waals surface area contributed by atoms with Gasteiger partial charge in [0.15, 0.2) is 0 Å². The van der Waals surface area contributed by atoms with Crippen LogP contribution in [0.2, 0.25) is 10.0 Å². The number of hydrogen-bond acceptors (Lipinski definition) is 7. The minimum atomic E-state index is -4.74. The molecule has 0 amide bonds. The molecule has 0 bridgehead atoms. The van der Waals surface area contributed by atoms with E-state index in [1.54, 1.807) is 0 Å². The Bertz CT molecular complexity index is 1210. The van der Waals surface area contributed by atoms with Gasteiger partial charge in [-0.2, -0.15) is 8.42 Å². The van der Waals surface area contributed by atoms with Gasteiger partial charge in [-0.3, -0.25) is 5.92 Å². The van der Waals surface area contributed by atoms with E-state index >= 15 is 0 Å². The fourth-order valence-electron chi connectivity index (χ4n) is 1.85. The molecule has 13 heteroatoms. The maximum absolute atomic E-state index is 12.8. The minimum Gasteiger partial charge on any atom is -0.707 e. The van der Waals surface area contributed by atoms with Crippen LogP contribution in [0.1, 0.15) is 0 Å². The van der Waals surface area contributed by atoms with E-state index in [1.165, 1.54) is 18.2 Å². The van der Waals surface area contributed by atoms with Crippen molar-refractivity contribution in [2.45, 2.75) is 19.6 Å². The van der Waals surface area contributed by atoms with Crippen LogP contribution in [0.3, 0.4) is 0 Å². The second-order valence-electron chi connectivity index (χ2n) is 4.66. The molecule has 0 aromatic heterocycles. The van der Waals surface area contributed by atoms with Crippen LogP contribution < -0.4 is 64.4 Å². The van der Waals surface area contributed by atoms with Crippen molar-refractivity contribution < 1.29 is 85.5 Å². The van der Waals surface area contributed by atoms with Gasteiger partial charge in [-0.25, -0.2) is 14.3 Å². The number of sulfone groups is 1. The first-order chi connectivity index (χ1) is 12.6.